The molecule has 0 heterocycles. The molecule has 0 aliphatic carbocycles. The van der Waals surface area contributed by atoms with Crippen LogP contribution in [0, 0.1) is 0 Å². The van der Waals surface area contributed by atoms with Crippen LogP contribution in [0.25, 0.3) is 0 Å². The molecule has 0 aliphatic heterocycles. The normalized spacial score (nSPS) is 10.6. The number of hydrogen-bond acceptors (Lipinski definition) is 8. The first kappa shape index (κ1) is 26.9. The Morgan fingerprint density at radius 3 is 1.74 bits per heavy atom. The molecule has 1 amide bonds. The van der Waals surface area contributed by atoms with E-state index in [0.29, 0.717) is 79.2 Å². The van der Waals surface area contributed by atoms with Gasteiger partial charge in [-0.3, -0.25) is 0 Å². The molecule has 1 aromatic carbocycles. The number of carbonyl (C=O) groups is 1. The number of carbonyl (C=O) groups excluding carboxylic acids is 1. The fraction of sp³-hybridized carbons (Fsp3) is 0.591. The summed E-state index contributed by atoms with van der Waals surface area (Å²) < 4.78 is 36.9. The summed E-state index contributed by atoms with van der Waals surface area (Å²) in [5.74, 6) is 0. The van der Waals surface area contributed by atoms with Gasteiger partial charge in [0.1, 0.15) is 13.2 Å². The zero-order valence-corrected chi connectivity index (χ0v) is 18.1. The lowest BCUT2D eigenvalue weighted by molar-refractivity contribution is -0.0134. The standard InChI is InChI=1S/C22H35NO8/c1-2-25-10-11-27-14-15-29-18-19-30-17-16-28-13-12-26-9-8-23-22(24)31-20-21-6-4-3-5-7-21/h2-7H,1,8-20H2,(H,23,24). The van der Waals surface area contributed by atoms with Crippen LogP contribution in [0.5, 0.6) is 0 Å². The summed E-state index contributed by atoms with van der Waals surface area (Å²) in [5.41, 5.74) is 0.943. The van der Waals surface area contributed by atoms with Crippen LogP contribution in [0.15, 0.2) is 43.2 Å². The van der Waals surface area contributed by atoms with Gasteiger partial charge in [-0.1, -0.05) is 36.9 Å². The van der Waals surface area contributed by atoms with E-state index >= 15 is 0 Å². The van der Waals surface area contributed by atoms with E-state index in [0.717, 1.165) is 5.56 Å². The molecule has 0 aliphatic rings. The Balaban J connectivity index is 1.72. The van der Waals surface area contributed by atoms with Crippen molar-refractivity contribution < 1.29 is 38.0 Å². The molecule has 0 radical (unpaired) electrons. The summed E-state index contributed by atoms with van der Waals surface area (Å²) in [6, 6.07) is 9.51. The lowest BCUT2D eigenvalue weighted by Crippen LogP contribution is -2.28. The Morgan fingerprint density at radius 1 is 0.742 bits per heavy atom. The zero-order chi connectivity index (χ0) is 22.2. The summed E-state index contributed by atoms with van der Waals surface area (Å²) in [4.78, 5) is 11.5. The van der Waals surface area contributed by atoms with Crippen molar-refractivity contribution in [3.63, 3.8) is 0 Å². The van der Waals surface area contributed by atoms with E-state index < -0.39 is 6.09 Å². The lowest BCUT2D eigenvalue weighted by Gasteiger charge is -2.09. The predicted molar refractivity (Wildman–Crippen MR) is 115 cm³/mol. The van der Waals surface area contributed by atoms with Gasteiger partial charge in [0, 0.05) is 6.54 Å². The second-order valence-electron chi connectivity index (χ2n) is 6.09. The highest BCUT2D eigenvalue weighted by Crippen LogP contribution is 2.00. The fourth-order valence-electron chi connectivity index (χ4n) is 2.17. The van der Waals surface area contributed by atoms with Gasteiger partial charge in [-0.2, -0.15) is 0 Å². The van der Waals surface area contributed by atoms with Gasteiger partial charge in [-0.05, 0) is 5.56 Å². The summed E-state index contributed by atoms with van der Waals surface area (Å²) >= 11 is 0. The molecule has 0 saturated carbocycles. The first-order chi connectivity index (χ1) is 15.3. The highest BCUT2D eigenvalue weighted by atomic mass is 16.6. The third-order valence-corrected chi connectivity index (χ3v) is 3.68. The second-order valence-corrected chi connectivity index (χ2v) is 6.09. The van der Waals surface area contributed by atoms with Gasteiger partial charge in [0.2, 0.25) is 0 Å². The van der Waals surface area contributed by atoms with Crippen molar-refractivity contribution in [1.29, 1.82) is 0 Å². The molecule has 1 aromatic rings. The number of nitrogens with one attached hydrogen (secondary N) is 1. The van der Waals surface area contributed by atoms with E-state index in [4.69, 9.17) is 33.2 Å². The van der Waals surface area contributed by atoms with Crippen LogP contribution in [-0.4, -0.2) is 85.3 Å². The van der Waals surface area contributed by atoms with Crippen molar-refractivity contribution in [3.05, 3.63) is 48.7 Å². The molecule has 9 nitrogen and oxygen atoms in total. The number of amides is 1. The maximum atomic E-state index is 11.5. The summed E-state index contributed by atoms with van der Waals surface area (Å²) in [6.07, 6.45) is 0.927. The summed E-state index contributed by atoms with van der Waals surface area (Å²) in [5, 5.41) is 2.63. The van der Waals surface area contributed by atoms with Crippen LogP contribution in [0.3, 0.4) is 0 Å². The molecule has 0 atom stereocenters. The Labute approximate surface area is 184 Å². The van der Waals surface area contributed by atoms with Crippen LogP contribution in [0.4, 0.5) is 4.79 Å². The number of rotatable bonds is 21. The molecule has 31 heavy (non-hydrogen) atoms. The van der Waals surface area contributed by atoms with E-state index in [9.17, 15) is 4.79 Å². The number of benzene rings is 1. The van der Waals surface area contributed by atoms with Crippen LogP contribution < -0.4 is 5.32 Å². The van der Waals surface area contributed by atoms with E-state index in [1.165, 1.54) is 6.26 Å². The van der Waals surface area contributed by atoms with Crippen LogP contribution >= 0.6 is 0 Å². The third-order valence-electron chi connectivity index (χ3n) is 3.68. The molecular formula is C22H35NO8. The average Bonchev–Trinajstić information content (AvgIpc) is 2.80. The van der Waals surface area contributed by atoms with Crippen molar-refractivity contribution in [3.8, 4) is 0 Å². The van der Waals surface area contributed by atoms with E-state index in [-0.39, 0.29) is 6.61 Å². The molecular weight excluding hydrogens is 406 g/mol. The molecule has 1 N–H and O–H groups in total. The summed E-state index contributed by atoms with van der Waals surface area (Å²) in [6.45, 7) is 9.42. The molecule has 0 bridgehead atoms. The molecule has 0 aromatic heterocycles. The monoisotopic (exact) mass is 441 g/mol. The maximum absolute atomic E-state index is 11.5. The average molecular weight is 442 g/mol. The molecule has 0 spiro atoms. The van der Waals surface area contributed by atoms with E-state index in [1.54, 1.807) is 0 Å². The Morgan fingerprint density at radius 2 is 1.23 bits per heavy atom. The molecule has 0 saturated heterocycles. The van der Waals surface area contributed by atoms with Crippen molar-refractivity contribution in [2.75, 3.05) is 79.2 Å². The van der Waals surface area contributed by atoms with E-state index in [1.807, 2.05) is 30.3 Å². The van der Waals surface area contributed by atoms with Crippen molar-refractivity contribution in [2.24, 2.45) is 0 Å². The van der Waals surface area contributed by atoms with Crippen molar-refractivity contribution >= 4 is 6.09 Å². The molecule has 176 valence electrons. The van der Waals surface area contributed by atoms with Crippen molar-refractivity contribution in [1.82, 2.24) is 5.32 Å². The van der Waals surface area contributed by atoms with Crippen molar-refractivity contribution in [2.45, 2.75) is 6.61 Å². The summed E-state index contributed by atoms with van der Waals surface area (Å²) in [7, 11) is 0. The largest absolute Gasteiger partial charge is 0.499 e. The quantitative estimate of drug-likeness (QED) is 0.229. The second kappa shape index (κ2) is 21.1. The van der Waals surface area contributed by atoms with Crippen LogP contribution in [-0.2, 0) is 39.8 Å². The van der Waals surface area contributed by atoms with Gasteiger partial charge >= 0.3 is 6.09 Å². The lowest BCUT2D eigenvalue weighted by atomic mass is 10.2. The highest BCUT2D eigenvalue weighted by Gasteiger charge is 2.01. The predicted octanol–water partition coefficient (Wildman–Crippen LogP) is 2.16. The van der Waals surface area contributed by atoms with Gasteiger partial charge in [0.15, 0.2) is 0 Å². The number of ether oxygens (including phenoxy) is 7. The van der Waals surface area contributed by atoms with Crippen LogP contribution in [0.1, 0.15) is 5.56 Å². The van der Waals surface area contributed by atoms with Gasteiger partial charge in [-0.25, -0.2) is 4.79 Å². The zero-order valence-electron chi connectivity index (χ0n) is 18.1. The van der Waals surface area contributed by atoms with Gasteiger partial charge in [0.25, 0.3) is 0 Å². The molecule has 0 unspecified atom stereocenters. The minimum Gasteiger partial charge on any atom is -0.499 e. The highest BCUT2D eigenvalue weighted by molar-refractivity contribution is 5.67. The minimum atomic E-state index is -0.463. The third kappa shape index (κ3) is 18.3. The van der Waals surface area contributed by atoms with Gasteiger partial charge < -0.3 is 38.5 Å². The number of hydrogen-bond donors (Lipinski definition) is 1. The molecule has 9 heteroatoms. The first-order valence-corrected chi connectivity index (χ1v) is 10.4. The molecule has 0 fully saturated rings. The maximum Gasteiger partial charge on any atom is 0.407 e. The SMILES string of the molecule is C=COCCOCCOCCOCCOCCOCCNC(=O)OCc1ccccc1. The van der Waals surface area contributed by atoms with Crippen LogP contribution in [0.2, 0.25) is 0 Å². The van der Waals surface area contributed by atoms with Gasteiger partial charge in [0.05, 0.1) is 72.3 Å². The Hall–Kier alpha value is -2.17. The van der Waals surface area contributed by atoms with Gasteiger partial charge in [-0.15, -0.1) is 0 Å². The first-order valence-electron chi connectivity index (χ1n) is 10.4. The fourth-order valence-corrected chi connectivity index (χ4v) is 2.17. The Kier molecular flexibility index (Phi) is 18.3. The Bertz CT molecular complexity index is 544. The topological polar surface area (TPSA) is 93.7 Å². The van der Waals surface area contributed by atoms with E-state index in [2.05, 4.69) is 11.9 Å². The minimum absolute atomic E-state index is 0.246. The smallest absolute Gasteiger partial charge is 0.407 e. The molecule has 1 rings (SSSR count). The number of alkyl carbamates (subject to hydrolysis) is 1.